The summed E-state index contributed by atoms with van der Waals surface area (Å²) in [4.78, 5) is 58.9. The molecule has 1 aromatic carbocycles. The highest BCUT2D eigenvalue weighted by molar-refractivity contribution is 7.99. The van der Waals surface area contributed by atoms with Gasteiger partial charge in [-0.3, -0.25) is 19.2 Å². The molecule has 0 bridgehead atoms. The van der Waals surface area contributed by atoms with Crippen molar-refractivity contribution in [3.63, 3.8) is 0 Å². The maximum Gasteiger partial charge on any atom is 0.338 e. The third kappa shape index (κ3) is 15.5. The molecule has 0 aliphatic carbocycles. The van der Waals surface area contributed by atoms with Crippen LogP contribution in [-0.4, -0.2) is 86.5 Å². The molecular weight excluding hydrogens is 638 g/mol. The van der Waals surface area contributed by atoms with Gasteiger partial charge in [0.2, 0.25) is 11.8 Å². The van der Waals surface area contributed by atoms with Crippen molar-refractivity contribution >= 4 is 51.5 Å². The molecule has 14 heteroatoms. The zero-order chi connectivity index (χ0) is 34.4. The van der Waals surface area contributed by atoms with Crippen LogP contribution in [0.25, 0.3) is 0 Å². The van der Waals surface area contributed by atoms with Gasteiger partial charge in [0, 0.05) is 36.7 Å². The number of sulfonamides is 1. The number of hydrogen-bond donors (Lipinski definition) is 0. The number of hydrogen-bond acceptors (Lipinski definition) is 12. The van der Waals surface area contributed by atoms with Crippen LogP contribution in [0.4, 0.5) is 0 Å². The molecule has 12 nitrogen and oxygen atoms in total. The first-order chi connectivity index (χ1) is 22.0. The molecule has 0 aromatic heterocycles. The molecule has 2 rings (SSSR count). The minimum absolute atomic E-state index is 0.00241. The maximum absolute atomic E-state index is 12.5. The smallest absolute Gasteiger partial charge is 0.338 e. The summed E-state index contributed by atoms with van der Waals surface area (Å²) < 4.78 is 45.9. The largest absolute Gasteiger partial charge is 0.465 e. The minimum Gasteiger partial charge on any atom is -0.465 e. The highest BCUT2D eigenvalue weighted by atomic mass is 32.2. The number of imide groups is 1. The lowest BCUT2D eigenvalue weighted by molar-refractivity contribution is -0.146. The van der Waals surface area contributed by atoms with E-state index in [-0.39, 0.29) is 72.8 Å². The van der Waals surface area contributed by atoms with Gasteiger partial charge in [-0.15, -0.1) is 0 Å². The SMILES string of the molecule is CCC(CC)SCCOC(=O)CCCC(=O)OCCOCCOC(=O)c1ccc(S(=O)(=O)N2C(=O)CCC2=O)cc1.CCCCC. The molecule has 1 saturated heterocycles. The van der Waals surface area contributed by atoms with Crippen molar-refractivity contribution in [2.24, 2.45) is 0 Å². The number of amides is 2. The van der Waals surface area contributed by atoms with Crippen molar-refractivity contribution in [2.45, 2.75) is 102 Å². The number of thioether (sulfide) groups is 1. The number of esters is 3. The highest BCUT2D eigenvalue weighted by Gasteiger charge is 2.39. The van der Waals surface area contributed by atoms with Crippen molar-refractivity contribution in [1.82, 2.24) is 4.31 Å². The molecular formula is C32H49NO11S2. The second-order valence-corrected chi connectivity index (χ2v) is 13.5. The number of ether oxygens (including phenoxy) is 4. The summed E-state index contributed by atoms with van der Waals surface area (Å²) in [5.74, 6) is -2.34. The van der Waals surface area contributed by atoms with Crippen molar-refractivity contribution in [2.75, 3.05) is 38.8 Å². The van der Waals surface area contributed by atoms with E-state index in [1.807, 2.05) is 0 Å². The van der Waals surface area contributed by atoms with Crippen LogP contribution in [0.15, 0.2) is 29.2 Å². The number of carbonyl (C=O) groups is 5. The molecule has 1 aliphatic rings. The Morgan fingerprint density at radius 3 is 1.78 bits per heavy atom. The van der Waals surface area contributed by atoms with Gasteiger partial charge in [0.05, 0.1) is 23.7 Å². The summed E-state index contributed by atoms with van der Waals surface area (Å²) in [5, 5.41) is 0.575. The molecule has 0 atom stereocenters. The Morgan fingerprint density at radius 1 is 0.761 bits per heavy atom. The normalized spacial score (nSPS) is 12.9. The van der Waals surface area contributed by atoms with Crippen LogP contribution in [0.3, 0.4) is 0 Å². The van der Waals surface area contributed by atoms with E-state index in [4.69, 9.17) is 18.9 Å². The van der Waals surface area contributed by atoms with Crippen LogP contribution in [-0.2, 0) is 48.1 Å². The van der Waals surface area contributed by atoms with E-state index >= 15 is 0 Å². The van der Waals surface area contributed by atoms with Crippen LogP contribution in [0.2, 0.25) is 0 Å². The molecule has 0 unspecified atom stereocenters. The van der Waals surface area contributed by atoms with Crippen LogP contribution in [0.5, 0.6) is 0 Å². The average molecular weight is 688 g/mol. The summed E-state index contributed by atoms with van der Waals surface area (Å²) in [6, 6.07) is 4.67. The van der Waals surface area contributed by atoms with Gasteiger partial charge in [0.15, 0.2) is 0 Å². The van der Waals surface area contributed by atoms with Gasteiger partial charge in [0.25, 0.3) is 10.0 Å². The van der Waals surface area contributed by atoms with Crippen LogP contribution in [0, 0.1) is 0 Å². The highest BCUT2D eigenvalue weighted by Crippen LogP contribution is 2.23. The first kappa shape index (κ1) is 41.1. The van der Waals surface area contributed by atoms with Crippen molar-refractivity contribution in [3.05, 3.63) is 29.8 Å². The molecule has 0 spiro atoms. The molecule has 1 aliphatic heterocycles. The molecule has 2 amide bonds. The predicted octanol–water partition coefficient (Wildman–Crippen LogP) is 5.07. The lowest BCUT2D eigenvalue weighted by atomic mass is 10.2. The summed E-state index contributed by atoms with van der Waals surface area (Å²) in [5.41, 5.74) is 0.0707. The second kappa shape index (κ2) is 23.4. The number of unbranched alkanes of at least 4 members (excludes halogenated alkanes) is 2. The van der Waals surface area contributed by atoms with Gasteiger partial charge in [-0.2, -0.15) is 16.1 Å². The zero-order valence-corrected chi connectivity index (χ0v) is 29.1. The zero-order valence-electron chi connectivity index (χ0n) is 27.5. The minimum atomic E-state index is -4.33. The Hall–Kier alpha value is -2.97. The summed E-state index contributed by atoms with van der Waals surface area (Å²) in [6.07, 6.45) is 6.47. The molecule has 0 radical (unpaired) electrons. The summed E-state index contributed by atoms with van der Waals surface area (Å²) in [6.45, 7) is 9.08. The van der Waals surface area contributed by atoms with Gasteiger partial charge >= 0.3 is 17.9 Å². The van der Waals surface area contributed by atoms with Crippen LogP contribution < -0.4 is 0 Å². The molecule has 1 aromatic rings. The first-order valence-corrected chi connectivity index (χ1v) is 18.4. The standard InChI is InChI=1S/C27H37NO11S2.C5H12/c1-3-21(4-2)40-19-18-38-26(32)7-5-6-25(31)37-16-14-36-15-17-39-27(33)20-8-10-22(11-9-20)41(34,35)28-23(29)12-13-24(28)30;1-3-5-4-2/h8-11,21H,3-7,12-19H2,1-2H3;3-5H2,1-2H3. The maximum atomic E-state index is 12.5. The van der Waals surface area contributed by atoms with Gasteiger partial charge in [-0.25, -0.2) is 13.2 Å². The van der Waals surface area contributed by atoms with Crippen molar-refractivity contribution in [3.8, 4) is 0 Å². The van der Waals surface area contributed by atoms with Gasteiger partial charge in [-0.05, 0) is 43.5 Å². The Morgan fingerprint density at radius 2 is 1.28 bits per heavy atom. The fourth-order valence-electron chi connectivity index (χ4n) is 4.06. The van der Waals surface area contributed by atoms with Gasteiger partial charge in [-0.1, -0.05) is 47.0 Å². The number of benzene rings is 1. The van der Waals surface area contributed by atoms with Crippen LogP contribution in [0.1, 0.15) is 102 Å². The topological polar surface area (TPSA) is 160 Å². The van der Waals surface area contributed by atoms with E-state index in [1.165, 1.54) is 31.4 Å². The Balaban J connectivity index is 0.00000195. The van der Waals surface area contributed by atoms with E-state index in [0.29, 0.717) is 18.3 Å². The monoisotopic (exact) mass is 687 g/mol. The molecule has 46 heavy (non-hydrogen) atoms. The fourth-order valence-corrected chi connectivity index (χ4v) is 6.45. The lowest BCUT2D eigenvalue weighted by Gasteiger charge is -2.14. The molecule has 260 valence electrons. The van der Waals surface area contributed by atoms with E-state index in [1.54, 1.807) is 11.8 Å². The Kier molecular flexibility index (Phi) is 20.9. The van der Waals surface area contributed by atoms with Gasteiger partial charge < -0.3 is 18.9 Å². The Labute approximate surface area is 277 Å². The Bertz CT molecular complexity index is 1180. The van der Waals surface area contributed by atoms with E-state index in [0.717, 1.165) is 30.7 Å². The number of rotatable bonds is 21. The third-order valence-corrected chi connectivity index (χ3v) is 9.96. The van der Waals surface area contributed by atoms with Crippen molar-refractivity contribution in [1.29, 1.82) is 0 Å². The van der Waals surface area contributed by atoms with Gasteiger partial charge in [0.1, 0.15) is 19.8 Å². The quantitative estimate of drug-likeness (QED) is 0.0732. The summed E-state index contributed by atoms with van der Waals surface area (Å²) in [7, 11) is -4.33. The third-order valence-electron chi connectivity index (χ3n) is 6.67. The number of nitrogens with zero attached hydrogens (tertiary/aromatic N) is 1. The first-order valence-electron chi connectivity index (χ1n) is 15.9. The molecule has 1 heterocycles. The predicted molar refractivity (Wildman–Crippen MR) is 174 cm³/mol. The summed E-state index contributed by atoms with van der Waals surface area (Å²) >= 11 is 1.79. The lowest BCUT2D eigenvalue weighted by Crippen LogP contribution is -2.35. The van der Waals surface area contributed by atoms with E-state index in [2.05, 4.69) is 27.7 Å². The van der Waals surface area contributed by atoms with E-state index < -0.39 is 33.8 Å². The van der Waals surface area contributed by atoms with Crippen LogP contribution >= 0.6 is 11.8 Å². The molecule has 0 saturated carbocycles. The van der Waals surface area contributed by atoms with Crippen molar-refractivity contribution < 1.29 is 51.3 Å². The number of carbonyl (C=O) groups excluding carboxylic acids is 5. The second-order valence-electron chi connectivity index (χ2n) is 10.3. The van der Waals surface area contributed by atoms with E-state index in [9.17, 15) is 32.4 Å². The molecule has 0 N–H and O–H groups in total. The fraction of sp³-hybridized carbons (Fsp3) is 0.656. The average Bonchev–Trinajstić information content (AvgIpc) is 3.39. The molecule has 1 fully saturated rings.